The monoisotopic (exact) mass is 354 g/mol. The number of benzene rings is 1. The maximum absolute atomic E-state index is 14.2. The number of hydrogen-bond donors (Lipinski definition) is 1. The second kappa shape index (κ2) is 6.75. The highest BCUT2D eigenvalue weighted by molar-refractivity contribution is 6.32. The third-order valence-corrected chi connectivity index (χ3v) is 3.88. The van der Waals surface area contributed by atoms with Crippen molar-refractivity contribution in [2.24, 2.45) is 0 Å². The van der Waals surface area contributed by atoms with Gasteiger partial charge in [0.2, 0.25) is 0 Å². The average Bonchev–Trinajstić information content (AvgIpc) is 2.61. The van der Waals surface area contributed by atoms with Gasteiger partial charge in [-0.25, -0.2) is 9.37 Å². The highest BCUT2D eigenvalue weighted by Gasteiger charge is 2.17. The topological polar surface area (TPSA) is 84.8 Å². The Hall–Kier alpha value is -3.17. The fourth-order valence-electron chi connectivity index (χ4n) is 2.47. The van der Waals surface area contributed by atoms with Gasteiger partial charge < -0.3 is 10.5 Å². The van der Waals surface area contributed by atoms with Crippen molar-refractivity contribution in [1.29, 1.82) is 5.26 Å². The number of halogens is 2. The molecule has 0 aliphatic carbocycles. The number of nitriles is 1. The molecule has 7 heteroatoms. The molecule has 0 atom stereocenters. The predicted molar refractivity (Wildman–Crippen MR) is 93.6 cm³/mol. The number of ether oxygens (including phenoxy) is 1. The summed E-state index contributed by atoms with van der Waals surface area (Å²) in [5.41, 5.74) is 7.93. The number of nitrogens with two attached hydrogens (primary N) is 1. The number of pyridine rings is 2. The summed E-state index contributed by atoms with van der Waals surface area (Å²) in [5.74, 6) is -0.660. The number of nitrogens with zero attached hydrogens (tertiary/aromatic N) is 3. The molecule has 3 rings (SSSR count). The van der Waals surface area contributed by atoms with Gasteiger partial charge in [-0.3, -0.25) is 4.98 Å². The number of anilines is 1. The van der Waals surface area contributed by atoms with Crippen LogP contribution in [0, 0.1) is 17.1 Å². The van der Waals surface area contributed by atoms with Gasteiger partial charge >= 0.3 is 0 Å². The molecular weight excluding hydrogens is 343 g/mol. The highest BCUT2D eigenvalue weighted by atomic mass is 35.5. The summed E-state index contributed by atoms with van der Waals surface area (Å²) in [6, 6.07) is 11.7. The molecule has 1 aromatic carbocycles. The summed E-state index contributed by atoms with van der Waals surface area (Å²) in [6.45, 7) is 0. The molecule has 0 saturated heterocycles. The van der Waals surface area contributed by atoms with E-state index in [0.717, 1.165) is 0 Å². The van der Waals surface area contributed by atoms with Crippen LogP contribution in [0.15, 0.2) is 42.6 Å². The molecule has 3 aromatic rings. The fraction of sp³-hybridized carbons (Fsp3) is 0.0556. The quantitative estimate of drug-likeness (QED) is 0.766. The zero-order chi connectivity index (χ0) is 18.0. The van der Waals surface area contributed by atoms with E-state index in [1.807, 2.05) is 12.1 Å². The first-order valence-electron chi connectivity index (χ1n) is 7.20. The zero-order valence-electron chi connectivity index (χ0n) is 13.1. The van der Waals surface area contributed by atoms with E-state index < -0.39 is 5.82 Å². The van der Waals surface area contributed by atoms with Crippen LogP contribution in [-0.4, -0.2) is 17.1 Å². The Bertz CT molecular complexity index is 963. The highest BCUT2D eigenvalue weighted by Crippen LogP contribution is 2.36. The van der Waals surface area contributed by atoms with Gasteiger partial charge in [-0.05, 0) is 35.9 Å². The molecule has 0 amide bonds. The van der Waals surface area contributed by atoms with Crippen LogP contribution in [0.4, 0.5) is 10.2 Å². The third-order valence-electron chi connectivity index (χ3n) is 3.60. The average molecular weight is 355 g/mol. The van der Waals surface area contributed by atoms with Crippen LogP contribution in [0.5, 0.6) is 5.75 Å². The van der Waals surface area contributed by atoms with Gasteiger partial charge in [0.05, 0.1) is 23.5 Å². The van der Waals surface area contributed by atoms with Crippen molar-refractivity contribution < 1.29 is 9.13 Å². The lowest BCUT2D eigenvalue weighted by Crippen LogP contribution is -2.01. The van der Waals surface area contributed by atoms with E-state index in [-0.39, 0.29) is 22.2 Å². The summed E-state index contributed by atoms with van der Waals surface area (Å²) in [4.78, 5) is 8.44. The van der Waals surface area contributed by atoms with Gasteiger partial charge in [0.1, 0.15) is 17.5 Å². The lowest BCUT2D eigenvalue weighted by molar-refractivity contribution is 0.387. The predicted octanol–water partition coefficient (Wildman–Crippen LogP) is 4.07. The first-order valence-corrected chi connectivity index (χ1v) is 7.58. The van der Waals surface area contributed by atoms with Gasteiger partial charge in [0, 0.05) is 11.8 Å². The molecule has 0 spiro atoms. The zero-order valence-corrected chi connectivity index (χ0v) is 13.9. The van der Waals surface area contributed by atoms with Crippen LogP contribution in [0.25, 0.3) is 22.5 Å². The first-order chi connectivity index (χ1) is 12.0. The molecule has 2 N–H and O–H groups in total. The van der Waals surface area contributed by atoms with E-state index in [9.17, 15) is 9.65 Å². The molecule has 0 fully saturated rings. The van der Waals surface area contributed by atoms with Crippen molar-refractivity contribution in [1.82, 2.24) is 9.97 Å². The number of hydrogen-bond acceptors (Lipinski definition) is 5. The van der Waals surface area contributed by atoms with E-state index in [4.69, 9.17) is 22.1 Å². The van der Waals surface area contributed by atoms with Gasteiger partial charge in [-0.15, -0.1) is 0 Å². The molecule has 0 saturated carbocycles. The number of nitrogen functional groups attached to an aromatic ring is 1. The maximum Gasteiger partial charge on any atom is 0.173 e. The van der Waals surface area contributed by atoms with Crippen LogP contribution >= 0.6 is 11.6 Å². The van der Waals surface area contributed by atoms with Gasteiger partial charge in [-0.2, -0.15) is 5.26 Å². The van der Waals surface area contributed by atoms with Crippen LogP contribution in [0.2, 0.25) is 5.02 Å². The minimum atomic E-state index is -0.636. The molecule has 0 aliphatic rings. The third kappa shape index (κ3) is 3.10. The van der Waals surface area contributed by atoms with Crippen molar-refractivity contribution in [2.75, 3.05) is 12.8 Å². The van der Waals surface area contributed by atoms with Crippen LogP contribution in [0.1, 0.15) is 5.56 Å². The molecule has 0 radical (unpaired) electrons. The van der Waals surface area contributed by atoms with Gasteiger partial charge in [-0.1, -0.05) is 17.7 Å². The standard InChI is InChI=1S/C18H12ClFN4O/c1-25-17-13(19)6-10(7-14(17)20)11-8-16(15-4-2-3-5-23-15)24-18(22)12(11)9-21/h2-8H,1H3,(H2,22,24). The Kier molecular flexibility index (Phi) is 4.50. The summed E-state index contributed by atoms with van der Waals surface area (Å²) in [7, 11) is 1.33. The minimum Gasteiger partial charge on any atom is -0.492 e. The number of methoxy groups -OCH3 is 1. The molecule has 0 unspecified atom stereocenters. The summed E-state index contributed by atoms with van der Waals surface area (Å²) >= 11 is 6.07. The van der Waals surface area contributed by atoms with E-state index >= 15 is 0 Å². The van der Waals surface area contributed by atoms with Crippen molar-refractivity contribution in [2.45, 2.75) is 0 Å². The minimum absolute atomic E-state index is 0.0352. The van der Waals surface area contributed by atoms with Gasteiger partial charge in [0.25, 0.3) is 0 Å². The normalized spacial score (nSPS) is 10.3. The van der Waals surface area contributed by atoms with Crippen LogP contribution < -0.4 is 10.5 Å². The lowest BCUT2D eigenvalue weighted by Gasteiger charge is -2.12. The molecule has 2 aromatic heterocycles. The second-order valence-electron chi connectivity index (χ2n) is 5.12. The number of rotatable bonds is 3. The van der Waals surface area contributed by atoms with E-state index in [1.54, 1.807) is 24.4 Å². The van der Waals surface area contributed by atoms with Crippen LogP contribution in [0.3, 0.4) is 0 Å². The maximum atomic E-state index is 14.2. The largest absolute Gasteiger partial charge is 0.492 e. The molecule has 0 bridgehead atoms. The smallest absolute Gasteiger partial charge is 0.173 e. The molecule has 25 heavy (non-hydrogen) atoms. The molecular formula is C18H12ClFN4O. The first kappa shape index (κ1) is 16.7. The summed E-state index contributed by atoms with van der Waals surface area (Å²) in [5, 5.41) is 9.52. The summed E-state index contributed by atoms with van der Waals surface area (Å²) < 4.78 is 19.1. The summed E-state index contributed by atoms with van der Waals surface area (Å²) in [6.07, 6.45) is 1.62. The lowest BCUT2D eigenvalue weighted by atomic mass is 9.99. The fourth-order valence-corrected chi connectivity index (χ4v) is 2.75. The van der Waals surface area contributed by atoms with E-state index in [2.05, 4.69) is 9.97 Å². The van der Waals surface area contributed by atoms with Crippen molar-refractivity contribution >= 4 is 17.4 Å². The van der Waals surface area contributed by atoms with Crippen molar-refractivity contribution in [3.63, 3.8) is 0 Å². The van der Waals surface area contributed by atoms with Crippen molar-refractivity contribution in [3.05, 3.63) is 59.0 Å². The van der Waals surface area contributed by atoms with Crippen LogP contribution in [-0.2, 0) is 0 Å². The van der Waals surface area contributed by atoms with E-state index in [1.165, 1.54) is 19.2 Å². The van der Waals surface area contributed by atoms with E-state index in [0.29, 0.717) is 22.5 Å². The Balaban J connectivity index is 2.25. The molecule has 0 aliphatic heterocycles. The van der Waals surface area contributed by atoms with Gasteiger partial charge in [0.15, 0.2) is 11.6 Å². The Morgan fingerprint density at radius 3 is 2.64 bits per heavy atom. The van der Waals surface area contributed by atoms with Crippen molar-refractivity contribution in [3.8, 4) is 34.3 Å². The number of aromatic nitrogens is 2. The SMILES string of the molecule is COc1c(F)cc(-c2cc(-c3ccccn3)nc(N)c2C#N)cc1Cl. The Labute approximate surface area is 148 Å². The molecule has 2 heterocycles. The molecule has 5 nitrogen and oxygen atoms in total. The second-order valence-corrected chi connectivity index (χ2v) is 5.52. The molecule has 124 valence electrons. The Morgan fingerprint density at radius 2 is 2.04 bits per heavy atom. The Morgan fingerprint density at radius 1 is 1.24 bits per heavy atom.